The third kappa shape index (κ3) is 10.5. The molecule has 3 N–H and O–H groups in total. The summed E-state index contributed by atoms with van der Waals surface area (Å²) in [5.41, 5.74) is 1.85. The van der Waals surface area contributed by atoms with Crippen molar-refractivity contribution in [2.24, 2.45) is 0 Å². The largest absolute Gasteiger partial charge is 0.494 e. The van der Waals surface area contributed by atoms with Crippen molar-refractivity contribution in [1.82, 2.24) is 20.2 Å². The van der Waals surface area contributed by atoms with E-state index in [9.17, 15) is 14.4 Å². The number of nitrogens with one attached hydrogen (secondary N) is 3. The highest BCUT2D eigenvalue weighted by Crippen LogP contribution is 2.33. The van der Waals surface area contributed by atoms with Gasteiger partial charge in [0.15, 0.2) is 0 Å². The summed E-state index contributed by atoms with van der Waals surface area (Å²) in [6.07, 6.45) is 6.22. The first-order valence-corrected chi connectivity index (χ1v) is 14.0. The van der Waals surface area contributed by atoms with Crippen LogP contribution in [0, 0.1) is 0 Å². The average Bonchev–Trinajstić information content (AvgIpc) is 2.94. The van der Waals surface area contributed by atoms with Gasteiger partial charge in [0.25, 0.3) is 0 Å². The highest BCUT2D eigenvalue weighted by Gasteiger charge is 2.13. The van der Waals surface area contributed by atoms with Crippen LogP contribution in [0.4, 0.5) is 17.2 Å². The molecule has 1 heterocycles. The third-order valence-corrected chi connectivity index (χ3v) is 6.36. The number of hydrogen-bond acceptors (Lipinski definition) is 9. The summed E-state index contributed by atoms with van der Waals surface area (Å²) in [6, 6.07) is 11.1. The molecule has 3 aromatic rings. The maximum absolute atomic E-state index is 12.6. The molecule has 1 aromatic heterocycles. The van der Waals surface area contributed by atoms with Crippen LogP contribution in [-0.4, -0.2) is 73.1 Å². The Morgan fingerprint density at radius 3 is 2.63 bits per heavy atom. The second-order valence-corrected chi connectivity index (χ2v) is 10.1. The molecule has 0 aliphatic heterocycles. The number of ether oxygens (including phenoxy) is 2. The Kier molecular flexibility index (Phi) is 12.5. The van der Waals surface area contributed by atoms with Crippen molar-refractivity contribution < 1.29 is 23.9 Å². The zero-order valence-corrected chi connectivity index (χ0v) is 25.0. The van der Waals surface area contributed by atoms with Gasteiger partial charge in [0.2, 0.25) is 11.8 Å². The maximum atomic E-state index is 12.6. The topological polar surface area (TPSA) is 135 Å². The first-order valence-electron chi connectivity index (χ1n) is 13.3. The van der Waals surface area contributed by atoms with Crippen molar-refractivity contribution >= 4 is 61.8 Å². The summed E-state index contributed by atoms with van der Waals surface area (Å²) in [5, 5.41) is 9.43. The van der Waals surface area contributed by atoms with E-state index in [2.05, 4.69) is 41.8 Å². The number of benzene rings is 2. The molecule has 0 radical (unpaired) electrons. The fourth-order valence-electron chi connectivity index (χ4n) is 3.77. The van der Waals surface area contributed by atoms with Crippen LogP contribution in [0.2, 0.25) is 0 Å². The zero-order valence-electron chi connectivity index (χ0n) is 23.4. The van der Waals surface area contributed by atoms with E-state index in [4.69, 9.17) is 9.47 Å². The number of carbonyl (C=O) groups is 3. The number of hydrogen-bond donors (Lipinski definition) is 3. The number of amides is 2. The van der Waals surface area contributed by atoms with Gasteiger partial charge in [-0.15, -0.1) is 0 Å². The normalized spacial score (nSPS) is 11.0. The van der Waals surface area contributed by atoms with Crippen molar-refractivity contribution in [2.45, 2.75) is 26.2 Å². The zero-order chi connectivity index (χ0) is 29.6. The van der Waals surface area contributed by atoms with Crippen LogP contribution in [0.1, 0.15) is 26.2 Å². The fraction of sp³-hybridized carbons (Fsp3) is 0.345. The summed E-state index contributed by atoms with van der Waals surface area (Å²) in [7, 11) is 3.31. The van der Waals surface area contributed by atoms with Gasteiger partial charge in [0, 0.05) is 46.9 Å². The van der Waals surface area contributed by atoms with E-state index < -0.39 is 11.8 Å². The Bertz CT molecular complexity index is 1380. The van der Waals surface area contributed by atoms with Crippen molar-refractivity contribution in [3.8, 4) is 5.75 Å². The van der Waals surface area contributed by atoms with Gasteiger partial charge in [-0.25, -0.2) is 9.97 Å². The molecule has 0 spiro atoms. The first kappa shape index (κ1) is 31.5. The van der Waals surface area contributed by atoms with E-state index in [0.717, 1.165) is 29.1 Å². The highest BCUT2D eigenvalue weighted by atomic mass is 79.9. The average molecular weight is 628 g/mol. The molecule has 0 aliphatic rings. The van der Waals surface area contributed by atoms with Crippen molar-refractivity contribution in [3.05, 3.63) is 59.4 Å². The Balaban J connectivity index is 1.53. The second kappa shape index (κ2) is 16.3. The number of esters is 1. The molecular formula is C29H35BrN6O5. The number of nitrogens with zero attached hydrogens (tertiary/aromatic N) is 3. The molecule has 0 fully saturated rings. The van der Waals surface area contributed by atoms with Gasteiger partial charge in [0.05, 0.1) is 31.5 Å². The van der Waals surface area contributed by atoms with Gasteiger partial charge in [-0.1, -0.05) is 35.3 Å². The first-order chi connectivity index (χ1) is 19.8. The van der Waals surface area contributed by atoms with Crippen LogP contribution >= 0.6 is 15.9 Å². The lowest BCUT2D eigenvalue weighted by Crippen LogP contribution is -2.31. The molecule has 2 aromatic carbocycles. The van der Waals surface area contributed by atoms with Crippen LogP contribution in [0.25, 0.3) is 10.9 Å². The van der Waals surface area contributed by atoms with E-state index >= 15 is 0 Å². The number of fused-ring (bicyclic) bond motifs is 1. The highest BCUT2D eigenvalue weighted by molar-refractivity contribution is 9.10. The van der Waals surface area contributed by atoms with Gasteiger partial charge < -0.3 is 25.4 Å². The SMILES string of the molecule is CCCCOC(=O)CN(C)CCCNC(=O)C=CC(=O)Nc1cc2c(Nc3cccc(Br)c3)ncnc2cc1OC. The van der Waals surface area contributed by atoms with Gasteiger partial charge in [0.1, 0.15) is 17.9 Å². The summed E-state index contributed by atoms with van der Waals surface area (Å²) in [5.74, 6) is -0.195. The van der Waals surface area contributed by atoms with Crippen LogP contribution in [0.5, 0.6) is 5.75 Å². The number of likely N-dealkylation sites (N-methyl/N-ethyl adjacent to an activating group) is 1. The monoisotopic (exact) mass is 626 g/mol. The van der Waals surface area contributed by atoms with Gasteiger partial charge in [-0.05, 0) is 44.2 Å². The molecule has 0 unspecified atom stereocenters. The predicted octanol–water partition coefficient (Wildman–Crippen LogP) is 4.42. The second-order valence-electron chi connectivity index (χ2n) is 9.21. The number of halogens is 1. The van der Waals surface area contributed by atoms with Crippen LogP contribution in [0.15, 0.2) is 59.4 Å². The standard InChI is InChI=1S/C29H35BrN6O5/c1-4-5-14-41-28(39)18-36(2)13-7-12-31-26(37)10-11-27(38)35-24-16-22-23(17-25(24)40-3)32-19-33-29(22)34-21-9-6-8-20(30)15-21/h6,8-11,15-17,19H,4-5,7,12-14,18H2,1-3H3,(H,31,37)(H,35,38)(H,32,33,34). The quantitative estimate of drug-likeness (QED) is 0.127. The molecule has 0 aliphatic carbocycles. The van der Waals surface area contributed by atoms with Crippen LogP contribution < -0.4 is 20.7 Å². The molecule has 218 valence electrons. The van der Waals surface area contributed by atoms with E-state index in [-0.39, 0.29) is 12.5 Å². The third-order valence-electron chi connectivity index (χ3n) is 5.86. The lowest BCUT2D eigenvalue weighted by molar-refractivity contribution is -0.144. The molecule has 3 rings (SSSR count). The number of rotatable bonds is 15. The van der Waals surface area contributed by atoms with Crippen molar-refractivity contribution in [2.75, 3.05) is 51.0 Å². The maximum Gasteiger partial charge on any atom is 0.320 e. The van der Waals surface area contributed by atoms with Crippen LogP contribution in [-0.2, 0) is 19.1 Å². The Labute approximate surface area is 247 Å². The molecule has 12 heteroatoms. The number of carbonyl (C=O) groups excluding carboxylic acids is 3. The summed E-state index contributed by atoms with van der Waals surface area (Å²) in [4.78, 5) is 47.1. The summed E-state index contributed by atoms with van der Waals surface area (Å²) < 4.78 is 11.5. The Morgan fingerprint density at radius 2 is 1.88 bits per heavy atom. The molecule has 41 heavy (non-hydrogen) atoms. The van der Waals surface area contributed by atoms with Gasteiger partial charge >= 0.3 is 5.97 Å². The summed E-state index contributed by atoms with van der Waals surface area (Å²) >= 11 is 3.46. The number of methoxy groups -OCH3 is 1. The molecule has 0 saturated carbocycles. The molecule has 0 atom stereocenters. The van der Waals surface area contributed by atoms with Crippen molar-refractivity contribution in [1.29, 1.82) is 0 Å². The molecule has 11 nitrogen and oxygen atoms in total. The van der Waals surface area contributed by atoms with Gasteiger partial charge in [-0.3, -0.25) is 19.3 Å². The number of aromatic nitrogens is 2. The smallest absolute Gasteiger partial charge is 0.320 e. The lowest BCUT2D eigenvalue weighted by atomic mass is 10.2. The molecule has 0 saturated heterocycles. The molecular weight excluding hydrogens is 592 g/mol. The minimum atomic E-state index is -0.502. The lowest BCUT2D eigenvalue weighted by Gasteiger charge is -2.15. The van der Waals surface area contributed by atoms with Crippen molar-refractivity contribution in [3.63, 3.8) is 0 Å². The van der Waals surface area contributed by atoms with E-state index in [1.165, 1.54) is 19.5 Å². The van der Waals surface area contributed by atoms with E-state index in [1.807, 2.05) is 43.1 Å². The van der Waals surface area contributed by atoms with E-state index in [1.54, 1.807) is 12.1 Å². The fourth-order valence-corrected chi connectivity index (χ4v) is 4.17. The Morgan fingerprint density at radius 1 is 1.07 bits per heavy atom. The minimum Gasteiger partial charge on any atom is -0.494 e. The Hall–Kier alpha value is -4.03. The van der Waals surface area contributed by atoms with Crippen LogP contribution in [0.3, 0.4) is 0 Å². The van der Waals surface area contributed by atoms with Gasteiger partial charge in [-0.2, -0.15) is 0 Å². The number of anilines is 3. The predicted molar refractivity (Wildman–Crippen MR) is 162 cm³/mol. The van der Waals surface area contributed by atoms with E-state index in [0.29, 0.717) is 54.3 Å². The molecule has 2 amide bonds. The molecule has 0 bridgehead atoms. The number of unbranched alkanes of at least 4 members (excludes halogenated alkanes) is 1. The minimum absolute atomic E-state index is 0.198. The summed E-state index contributed by atoms with van der Waals surface area (Å²) in [6.45, 7) is 3.67.